The standard InChI is InChI=1S/C5H9F3O3/c1-11-4(3(10)2-9)5(6,7)8/h3-4,9-10H,2H2,1H3. The number of methoxy groups -OCH3 is 1. The van der Waals surface area contributed by atoms with Gasteiger partial charge in [-0.3, -0.25) is 0 Å². The zero-order valence-electron chi connectivity index (χ0n) is 5.80. The van der Waals surface area contributed by atoms with E-state index in [2.05, 4.69) is 4.74 Å². The third-order valence-electron chi connectivity index (χ3n) is 1.11. The molecule has 0 spiro atoms. The summed E-state index contributed by atoms with van der Waals surface area (Å²) < 4.78 is 39.2. The third-order valence-corrected chi connectivity index (χ3v) is 1.11. The van der Waals surface area contributed by atoms with Crippen LogP contribution in [0.4, 0.5) is 13.2 Å². The van der Waals surface area contributed by atoms with Crippen molar-refractivity contribution in [2.45, 2.75) is 18.4 Å². The SMILES string of the molecule is COC(C(O)CO)C(F)(F)F. The van der Waals surface area contributed by atoms with E-state index in [0.717, 1.165) is 7.11 Å². The van der Waals surface area contributed by atoms with Crippen molar-refractivity contribution in [3.05, 3.63) is 0 Å². The molecule has 68 valence electrons. The lowest BCUT2D eigenvalue weighted by Gasteiger charge is -2.22. The summed E-state index contributed by atoms with van der Waals surface area (Å²) in [5.41, 5.74) is 0. The second-order valence-corrected chi connectivity index (χ2v) is 1.95. The first-order valence-corrected chi connectivity index (χ1v) is 2.82. The summed E-state index contributed by atoms with van der Waals surface area (Å²) in [6, 6.07) is 0. The Hall–Kier alpha value is -0.330. The van der Waals surface area contributed by atoms with Crippen LogP contribution >= 0.6 is 0 Å². The van der Waals surface area contributed by atoms with Crippen LogP contribution < -0.4 is 0 Å². The van der Waals surface area contributed by atoms with Crippen LogP contribution in [0.5, 0.6) is 0 Å². The summed E-state index contributed by atoms with van der Waals surface area (Å²) in [5, 5.41) is 16.7. The first-order valence-electron chi connectivity index (χ1n) is 2.82. The first-order chi connectivity index (χ1) is 4.93. The molecule has 2 unspecified atom stereocenters. The van der Waals surface area contributed by atoms with Crippen molar-refractivity contribution >= 4 is 0 Å². The number of aliphatic hydroxyl groups excluding tert-OH is 2. The molecule has 0 aromatic carbocycles. The van der Waals surface area contributed by atoms with Crippen molar-refractivity contribution in [2.75, 3.05) is 13.7 Å². The fourth-order valence-corrected chi connectivity index (χ4v) is 0.605. The Bertz CT molecular complexity index is 114. The fourth-order valence-electron chi connectivity index (χ4n) is 0.605. The van der Waals surface area contributed by atoms with Gasteiger partial charge in [-0.05, 0) is 0 Å². The largest absolute Gasteiger partial charge is 0.417 e. The van der Waals surface area contributed by atoms with E-state index in [4.69, 9.17) is 10.2 Å². The van der Waals surface area contributed by atoms with Gasteiger partial charge < -0.3 is 14.9 Å². The molecule has 0 aromatic rings. The van der Waals surface area contributed by atoms with E-state index in [1.165, 1.54) is 0 Å². The maximum Gasteiger partial charge on any atom is 0.417 e. The molecule has 3 nitrogen and oxygen atoms in total. The van der Waals surface area contributed by atoms with E-state index in [9.17, 15) is 13.2 Å². The van der Waals surface area contributed by atoms with Gasteiger partial charge in [0.2, 0.25) is 0 Å². The first kappa shape index (κ1) is 10.7. The minimum absolute atomic E-state index is 0.817. The molecule has 0 radical (unpaired) electrons. The van der Waals surface area contributed by atoms with Crippen molar-refractivity contribution in [1.82, 2.24) is 0 Å². The zero-order chi connectivity index (χ0) is 9.07. The van der Waals surface area contributed by atoms with Gasteiger partial charge in [-0.25, -0.2) is 0 Å². The van der Waals surface area contributed by atoms with Gasteiger partial charge >= 0.3 is 6.18 Å². The predicted octanol–water partition coefficient (Wildman–Crippen LogP) is -0.0831. The van der Waals surface area contributed by atoms with E-state index in [1.54, 1.807) is 0 Å². The van der Waals surface area contributed by atoms with E-state index < -0.39 is 25.0 Å². The number of halogens is 3. The Balaban J connectivity index is 4.16. The number of alkyl halides is 3. The van der Waals surface area contributed by atoms with Crippen LogP contribution in [0.1, 0.15) is 0 Å². The van der Waals surface area contributed by atoms with Crippen LogP contribution in [-0.4, -0.2) is 42.3 Å². The lowest BCUT2D eigenvalue weighted by molar-refractivity contribution is -0.242. The van der Waals surface area contributed by atoms with Crippen LogP contribution in [0.15, 0.2) is 0 Å². The molecule has 0 aliphatic rings. The monoisotopic (exact) mass is 174 g/mol. The van der Waals surface area contributed by atoms with Gasteiger partial charge in [-0.2, -0.15) is 13.2 Å². The van der Waals surface area contributed by atoms with Crippen molar-refractivity contribution in [2.24, 2.45) is 0 Å². The summed E-state index contributed by atoms with van der Waals surface area (Å²) in [6.45, 7) is -0.974. The Morgan fingerprint density at radius 3 is 2.00 bits per heavy atom. The molecule has 0 bridgehead atoms. The molecule has 0 aliphatic heterocycles. The molecule has 0 heterocycles. The number of ether oxygens (including phenoxy) is 1. The van der Waals surface area contributed by atoms with Crippen LogP contribution in [-0.2, 0) is 4.74 Å². The highest BCUT2D eigenvalue weighted by atomic mass is 19.4. The molecule has 6 heteroatoms. The molecular weight excluding hydrogens is 165 g/mol. The average Bonchev–Trinajstić information content (AvgIpc) is 1.86. The van der Waals surface area contributed by atoms with Crippen LogP contribution in [0.3, 0.4) is 0 Å². The lowest BCUT2D eigenvalue weighted by atomic mass is 10.2. The van der Waals surface area contributed by atoms with E-state index in [1.807, 2.05) is 0 Å². The van der Waals surface area contributed by atoms with Crippen LogP contribution in [0.2, 0.25) is 0 Å². The average molecular weight is 174 g/mol. The highest BCUT2D eigenvalue weighted by molar-refractivity contribution is 4.75. The number of aliphatic hydroxyl groups is 2. The maximum atomic E-state index is 11.8. The van der Waals surface area contributed by atoms with Gasteiger partial charge in [-0.15, -0.1) is 0 Å². The molecule has 0 saturated carbocycles. The number of hydrogen-bond donors (Lipinski definition) is 2. The highest BCUT2D eigenvalue weighted by Crippen LogP contribution is 2.24. The smallest absolute Gasteiger partial charge is 0.394 e. The molecule has 0 amide bonds. The Labute approximate surface area is 61.4 Å². The van der Waals surface area contributed by atoms with Gasteiger partial charge in [0.15, 0.2) is 6.10 Å². The normalized spacial score (nSPS) is 18.0. The second-order valence-electron chi connectivity index (χ2n) is 1.95. The predicted molar refractivity (Wildman–Crippen MR) is 29.9 cm³/mol. The van der Waals surface area contributed by atoms with Gasteiger partial charge in [0, 0.05) is 7.11 Å². The fraction of sp³-hybridized carbons (Fsp3) is 1.00. The minimum Gasteiger partial charge on any atom is -0.394 e. The Morgan fingerprint density at radius 1 is 1.45 bits per heavy atom. The Kier molecular flexibility index (Phi) is 3.77. The summed E-state index contributed by atoms with van der Waals surface area (Å²) in [6.07, 6.45) is -8.87. The van der Waals surface area contributed by atoms with Crippen molar-refractivity contribution < 1.29 is 28.1 Å². The summed E-state index contributed by atoms with van der Waals surface area (Å²) in [4.78, 5) is 0. The molecule has 0 saturated heterocycles. The van der Waals surface area contributed by atoms with E-state index >= 15 is 0 Å². The molecule has 11 heavy (non-hydrogen) atoms. The van der Waals surface area contributed by atoms with Crippen molar-refractivity contribution in [1.29, 1.82) is 0 Å². The number of hydrogen-bond acceptors (Lipinski definition) is 3. The van der Waals surface area contributed by atoms with E-state index in [-0.39, 0.29) is 0 Å². The molecule has 2 N–H and O–H groups in total. The lowest BCUT2D eigenvalue weighted by Crippen LogP contribution is -2.43. The quantitative estimate of drug-likeness (QED) is 0.629. The second kappa shape index (κ2) is 3.89. The minimum atomic E-state index is -4.64. The summed E-state index contributed by atoms with van der Waals surface area (Å²) >= 11 is 0. The van der Waals surface area contributed by atoms with E-state index in [0.29, 0.717) is 0 Å². The topological polar surface area (TPSA) is 49.7 Å². The van der Waals surface area contributed by atoms with Gasteiger partial charge in [-0.1, -0.05) is 0 Å². The molecular formula is C5H9F3O3. The van der Waals surface area contributed by atoms with Gasteiger partial charge in [0.05, 0.1) is 6.61 Å². The van der Waals surface area contributed by atoms with Crippen molar-refractivity contribution in [3.63, 3.8) is 0 Å². The maximum absolute atomic E-state index is 11.8. The molecule has 2 atom stereocenters. The summed E-state index contributed by atoms with van der Waals surface area (Å²) in [5.74, 6) is 0. The summed E-state index contributed by atoms with van der Waals surface area (Å²) in [7, 11) is 0.817. The number of rotatable bonds is 3. The highest BCUT2D eigenvalue weighted by Gasteiger charge is 2.44. The van der Waals surface area contributed by atoms with Crippen molar-refractivity contribution in [3.8, 4) is 0 Å². The van der Waals surface area contributed by atoms with Crippen LogP contribution in [0.25, 0.3) is 0 Å². The van der Waals surface area contributed by atoms with Gasteiger partial charge in [0.1, 0.15) is 6.10 Å². The molecule has 0 aliphatic carbocycles. The third kappa shape index (κ3) is 3.04. The molecule has 0 aromatic heterocycles. The van der Waals surface area contributed by atoms with Gasteiger partial charge in [0.25, 0.3) is 0 Å². The zero-order valence-corrected chi connectivity index (χ0v) is 5.80. The molecule has 0 fully saturated rings. The molecule has 0 rings (SSSR count). The Morgan fingerprint density at radius 2 is 1.91 bits per heavy atom. The van der Waals surface area contributed by atoms with Crippen LogP contribution in [0, 0.1) is 0 Å².